The summed E-state index contributed by atoms with van der Waals surface area (Å²) in [6.07, 6.45) is 65.9. The number of nitrogens with one attached hydrogen (secondary N) is 1. The molecule has 3 atom stereocenters. The molecule has 3 unspecified atom stereocenters. The van der Waals surface area contributed by atoms with Gasteiger partial charge in [0.1, 0.15) is 19.3 Å². The third-order valence-corrected chi connectivity index (χ3v) is 12.0. The van der Waals surface area contributed by atoms with Crippen LogP contribution in [-0.2, 0) is 27.9 Å². The van der Waals surface area contributed by atoms with E-state index in [4.69, 9.17) is 13.8 Å². The van der Waals surface area contributed by atoms with Gasteiger partial charge in [0, 0.05) is 12.8 Å². The van der Waals surface area contributed by atoms with Crippen LogP contribution in [0.5, 0.6) is 0 Å². The third kappa shape index (κ3) is 49.2. The molecule has 0 rings (SSSR count). The van der Waals surface area contributed by atoms with Crippen LogP contribution in [0.1, 0.15) is 188 Å². The van der Waals surface area contributed by atoms with Gasteiger partial charge in [0.15, 0.2) is 0 Å². The molecule has 0 aliphatic rings. The van der Waals surface area contributed by atoms with Gasteiger partial charge in [-0.15, -0.1) is 0 Å². The molecular weight excluding hydrogens is 880 g/mol. The van der Waals surface area contributed by atoms with Gasteiger partial charge in [-0.1, -0.05) is 213 Å². The van der Waals surface area contributed by atoms with E-state index in [0.29, 0.717) is 23.9 Å². The predicted octanol–water partition coefficient (Wildman–Crippen LogP) is 15.4. The van der Waals surface area contributed by atoms with Crippen LogP contribution >= 0.6 is 7.82 Å². The topological polar surface area (TPSA) is 114 Å². The first kappa shape index (κ1) is 65.4. The van der Waals surface area contributed by atoms with E-state index >= 15 is 0 Å². The average molecular weight is 979 g/mol. The van der Waals surface area contributed by atoms with E-state index in [2.05, 4.69) is 74.7 Å². The highest BCUT2D eigenvalue weighted by atomic mass is 31.2. The van der Waals surface area contributed by atoms with E-state index in [1.54, 1.807) is 6.08 Å². The van der Waals surface area contributed by atoms with Gasteiger partial charge in [0.25, 0.3) is 7.82 Å². The van der Waals surface area contributed by atoms with Crippen LogP contribution in [0.3, 0.4) is 0 Å². The van der Waals surface area contributed by atoms with Gasteiger partial charge in [0.05, 0.1) is 33.8 Å². The molecule has 0 heterocycles. The van der Waals surface area contributed by atoms with Crippen LogP contribution in [0.4, 0.5) is 0 Å². The average Bonchev–Trinajstić information content (AvgIpc) is 3.31. The molecule has 0 aliphatic carbocycles. The van der Waals surface area contributed by atoms with Gasteiger partial charge < -0.3 is 28.5 Å². The molecule has 0 saturated carbocycles. The minimum Gasteiger partial charge on any atom is -0.756 e. The van der Waals surface area contributed by atoms with Crippen LogP contribution in [0, 0.1) is 0 Å². The summed E-state index contributed by atoms with van der Waals surface area (Å²) in [6.45, 7) is 6.49. The van der Waals surface area contributed by atoms with Crippen molar-refractivity contribution in [2.45, 2.75) is 200 Å². The zero-order valence-corrected chi connectivity index (χ0v) is 45.4. The normalized spacial score (nSPS) is 14.8. The predicted molar refractivity (Wildman–Crippen MR) is 293 cm³/mol. The van der Waals surface area contributed by atoms with E-state index in [0.717, 1.165) is 89.9 Å². The van der Waals surface area contributed by atoms with E-state index in [9.17, 15) is 19.0 Å². The van der Waals surface area contributed by atoms with E-state index < -0.39 is 26.6 Å². The van der Waals surface area contributed by atoms with Gasteiger partial charge in [0.2, 0.25) is 5.91 Å². The Kier molecular flexibility index (Phi) is 45.6. The molecule has 0 aromatic heterocycles. The Morgan fingerprint density at radius 3 is 1.58 bits per heavy atom. The number of nitrogens with zero attached hydrogens (tertiary/aromatic N) is 1. The number of hydrogen-bond donors (Lipinski definition) is 1. The minimum atomic E-state index is -4.72. The Morgan fingerprint density at radius 2 is 1.00 bits per heavy atom. The number of hydrogen-bond acceptors (Lipinski definition) is 7. The van der Waals surface area contributed by atoms with E-state index in [1.807, 2.05) is 88.0 Å². The summed E-state index contributed by atoms with van der Waals surface area (Å²) in [7, 11) is 1.12. The fourth-order valence-corrected chi connectivity index (χ4v) is 7.64. The molecule has 10 heteroatoms. The number of likely N-dealkylation sites (N-methyl/N-ethyl adjacent to an activating group) is 1. The second-order valence-corrected chi connectivity index (χ2v) is 20.2. The molecule has 69 heavy (non-hydrogen) atoms. The Bertz CT molecular complexity index is 1600. The summed E-state index contributed by atoms with van der Waals surface area (Å²) in [5, 5.41) is 2.98. The molecule has 1 amide bonds. The monoisotopic (exact) mass is 979 g/mol. The lowest BCUT2D eigenvalue weighted by atomic mass is 10.1. The van der Waals surface area contributed by atoms with Gasteiger partial charge >= 0.3 is 5.97 Å². The Labute approximate surface area is 423 Å². The molecular formula is C59H99N2O7P. The number of phosphoric ester groups is 1. The largest absolute Gasteiger partial charge is 0.756 e. The molecule has 9 nitrogen and oxygen atoms in total. The molecule has 0 saturated heterocycles. The summed E-state index contributed by atoms with van der Waals surface area (Å²) >= 11 is 0. The van der Waals surface area contributed by atoms with Crippen LogP contribution in [-0.4, -0.2) is 69.4 Å². The van der Waals surface area contributed by atoms with Crippen LogP contribution in [0.15, 0.2) is 122 Å². The first-order valence-electron chi connectivity index (χ1n) is 26.9. The Morgan fingerprint density at radius 1 is 0.536 bits per heavy atom. The van der Waals surface area contributed by atoms with Gasteiger partial charge in [-0.3, -0.25) is 14.2 Å². The van der Waals surface area contributed by atoms with Crippen LogP contribution < -0.4 is 10.2 Å². The van der Waals surface area contributed by atoms with Crippen molar-refractivity contribution in [3.8, 4) is 0 Å². The lowest BCUT2D eigenvalue weighted by Gasteiger charge is -2.30. The molecule has 1 N–H and O–H groups in total. The molecule has 0 aliphatic heterocycles. The summed E-state index contributed by atoms with van der Waals surface area (Å²) in [5.41, 5.74) is 0. The first-order valence-corrected chi connectivity index (χ1v) is 28.4. The maximum absolute atomic E-state index is 13.4. The second-order valence-electron chi connectivity index (χ2n) is 18.8. The van der Waals surface area contributed by atoms with Crippen molar-refractivity contribution < 1.29 is 37.3 Å². The van der Waals surface area contributed by atoms with E-state index in [1.165, 1.54) is 51.4 Å². The Hall–Kier alpha value is -3.59. The van der Waals surface area contributed by atoms with Crippen LogP contribution in [0.2, 0.25) is 0 Å². The lowest BCUT2D eigenvalue weighted by Crippen LogP contribution is -2.47. The van der Waals surface area contributed by atoms with Crippen molar-refractivity contribution in [3.63, 3.8) is 0 Å². The summed E-state index contributed by atoms with van der Waals surface area (Å²) < 4.78 is 30.1. The zero-order valence-electron chi connectivity index (χ0n) is 44.5. The fourth-order valence-electron chi connectivity index (χ4n) is 6.92. The smallest absolute Gasteiger partial charge is 0.306 e. The number of carbonyl (C=O) groups excluding carboxylic acids is 2. The standard InChI is InChI=1S/C59H99N2O7P/c1-7-10-13-16-19-22-25-28-30-31-32-33-36-39-42-45-48-51-58(62)60-56(55-67-69(64,65)66-54-53-61(4,5)6)57(50-47-44-41-38-35-27-24-21-18-15-12-9-3)68-59(63)52-49-46-43-40-37-34-29-26-23-20-17-14-11-8-2/h10-11,13-14,16,19-20,22-23,25,28-34,36,47,50,56-57H,7-9,12,15,17-18,21,24,26-27,35,37-46,48-49,51-55H2,1-6H3,(H-,60,62,64,65)/b13-10-,14-11+,19-16+,23-20+,25-22+,30-28-,32-31+,34-29+,36-33+,50-47+. The quantitative estimate of drug-likeness (QED) is 0.0161. The number of quaternary nitrogens is 1. The molecule has 0 radical (unpaired) electrons. The Balaban J connectivity index is 5.55. The number of rotatable bonds is 46. The number of esters is 1. The third-order valence-electron chi connectivity index (χ3n) is 11.0. The summed E-state index contributed by atoms with van der Waals surface area (Å²) in [6, 6.07) is -0.928. The maximum atomic E-state index is 13.4. The van der Waals surface area contributed by atoms with Crippen molar-refractivity contribution in [2.24, 2.45) is 0 Å². The lowest BCUT2D eigenvalue weighted by molar-refractivity contribution is -0.870. The fraction of sp³-hybridized carbons (Fsp3) is 0.627. The van der Waals surface area contributed by atoms with E-state index in [-0.39, 0.29) is 31.3 Å². The highest BCUT2D eigenvalue weighted by Gasteiger charge is 2.27. The molecule has 0 aromatic carbocycles. The SMILES string of the molecule is CC\C=C/C=C/C=C/C=C\C=C\C=C\CCCCCC(=O)NC(COP(=O)([O-])OCC[N+](C)(C)C)C(/C=C/CCCCCCCCCCCC)OC(=O)CCCCCC/C=C/C/C=C/C/C=C/CC. The first-order chi connectivity index (χ1) is 33.4. The van der Waals surface area contributed by atoms with Crippen LogP contribution in [0.25, 0.3) is 0 Å². The van der Waals surface area contributed by atoms with Crippen molar-refractivity contribution in [3.05, 3.63) is 122 Å². The van der Waals surface area contributed by atoms with Gasteiger partial charge in [-0.25, -0.2) is 0 Å². The summed E-state index contributed by atoms with van der Waals surface area (Å²) in [5.74, 6) is -0.632. The van der Waals surface area contributed by atoms with Crippen molar-refractivity contribution >= 4 is 19.7 Å². The van der Waals surface area contributed by atoms with Gasteiger partial charge in [-0.2, -0.15) is 0 Å². The van der Waals surface area contributed by atoms with Crippen molar-refractivity contribution in [1.29, 1.82) is 0 Å². The number of allylic oxidation sites excluding steroid dienone is 19. The number of amides is 1. The number of ether oxygens (including phenoxy) is 1. The molecule has 392 valence electrons. The number of phosphoric acid groups is 1. The molecule has 0 bridgehead atoms. The zero-order chi connectivity index (χ0) is 50.8. The van der Waals surface area contributed by atoms with Crippen molar-refractivity contribution in [1.82, 2.24) is 5.32 Å². The minimum absolute atomic E-state index is 0.0426. The van der Waals surface area contributed by atoms with Gasteiger partial charge in [-0.05, 0) is 83.1 Å². The molecule has 0 spiro atoms. The second kappa shape index (κ2) is 48.1. The highest BCUT2D eigenvalue weighted by molar-refractivity contribution is 7.45. The molecule has 0 fully saturated rings. The number of carbonyl (C=O) groups is 2. The van der Waals surface area contributed by atoms with Crippen molar-refractivity contribution in [2.75, 3.05) is 40.9 Å². The highest BCUT2D eigenvalue weighted by Crippen LogP contribution is 2.38. The molecule has 0 aromatic rings. The summed E-state index contributed by atoms with van der Waals surface area (Å²) in [4.78, 5) is 39.7. The maximum Gasteiger partial charge on any atom is 0.306 e. The number of unbranched alkanes of at least 4 members (excludes halogenated alkanes) is 17.